The largest absolute Gasteiger partial charge is 0.314 e. The van der Waals surface area contributed by atoms with E-state index in [1.54, 1.807) is 11.8 Å². The lowest BCUT2D eigenvalue weighted by Gasteiger charge is -2.26. The van der Waals surface area contributed by atoms with Gasteiger partial charge in [-0.05, 0) is 37.5 Å². The van der Waals surface area contributed by atoms with Crippen LogP contribution >= 0.6 is 11.8 Å². The molecular formula is C13H16N4S. The number of rotatable bonds is 1. The Morgan fingerprint density at radius 2 is 2.06 bits per heavy atom. The van der Waals surface area contributed by atoms with Crippen LogP contribution in [0.25, 0.3) is 0 Å². The average molecular weight is 260 g/mol. The molecule has 4 nitrogen and oxygen atoms in total. The predicted octanol–water partition coefficient (Wildman–Crippen LogP) is 2.59. The Hall–Kier alpha value is -1.49. The first kappa shape index (κ1) is 11.6. The van der Waals surface area contributed by atoms with Gasteiger partial charge in [-0.2, -0.15) is 0 Å². The van der Waals surface area contributed by atoms with E-state index in [0.717, 1.165) is 16.7 Å². The van der Waals surface area contributed by atoms with Gasteiger partial charge in [0.2, 0.25) is 5.16 Å². The summed E-state index contributed by atoms with van der Waals surface area (Å²) in [5.41, 5.74) is 7.48. The van der Waals surface area contributed by atoms with Crippen LogP contribution in [0, 0.1) is 20.8 Å². The molecule has 0 radical (unpaired) electrons. The van der Waals surface area contributed by atoms with Gasteiger partial charge < -0.3 is 5.43 Å². The van der Waals surface area contributed by atoms with Crippen LogP contribution in [0.5, 0.6) is 0 Å². The zero-order valence-corrected chi connectivity index (χ0v) is 11.6. The van der Waals surface area contributed by atoms with Gasteiger partial charge in [-0.15, -0.1) is 10.2 Å². The lowest BCUT2D eigenvalue weighted by Crippen LogP contribution is -2.28. The minimum Gasteiger partial charge on any atom is -0.314 e. The number of aromatic nitrogens is 3. The monoisotopic (exact) mass is 260 g/mol. The van der Waals surface area contributed by atoms with Crippen molar-refractivity contribution < 1.29 is 0 Å². The summed E-state index contributed by atoms with van der Waals surface area (Å²) in [6, 6.07) is 6.96. The van der Waals surface area contributed by atoms with E-state index in [-0.39, 0.29) is 0 Å². The van der Waals surface area contributed by atoms with Crippen LogP contribution in [0.15, 0.2) is 23.4 Å². The lowest BCUT2D eigenvalue weighted by atomic mass is 10.0. The summed E-state index contributed by atoms with van der Waals surface area (Å²) in [4.78, 5) is 0. The van der Waals surface area contributed by atoms with Crippen LogP contribution in [0.2, 0.25) is 0 Å². The van der Waals surface area contributed by atoms with Gasteiger partial charge in [-0.25, -0.2) is 4.68 Å². The molecule has 0 saturated heterocycles. The summed E-state index contributed by atoms with van der Waals surface area (Å²) in [7, 11) is 0. The number of hydrogen-bond acceptors (Lipinski definition) is 4. The quantitative estimate of drug-likeness (QED) is 0.856. The van der Waals surface area contributed by atoms with Crippen LogP contribution < -0.4 is 5.43 Å². The van der Waals surface area contributed by atoms with Crippen LogP contribution in [0.3, 0.4) is 0 Å². The van der Waals surface area contributed by atoms with E-state index in [9.17, 15) is 0 Å². The van der Waals surface area contributed by atoms with Crippen molar-refractivity contribution in [2.45, 2.75) is 32.0 Å². The number of fused-ring (bicyclic) bond motifs is 1. The molecule has 0 saturated carbocycles. The van der Waals surface area contributed by atoms with Crippen LogP contribution in [0.1, 0.15) is 28.6 Å². The SMILES string of the molecule is Cc1ccc([C@@H]2CSc3nnc(C)n3N2)cc1C. The summed E-state index contributed by atoms with van der Waals surface area (Å²) in [6.45, 7) is 6.27. The molecule has 1 N–H and O–H groups in total. The van der Waals surface area contributed by atoms with E-state index in [1.807, 2.05) is 11.6 Å². The molecule has 94 valence electrons. The molecule has 1 aliphatic heterocycles. The van der Waals surface area contributed by atoms with E-state index in [2.05, 4.69) is 47.7 Å². The van der Waals surface area contributed by atoms with Gasteiger partial charge in [0.1, 0.15) is 5.82 Å². The molecule has 18 heavy (non-hydrogen) atoms. The third kappa shape index (κ3) is 1.88. The maximum absolute atomic E-state index is 4.13. The van der Waals surface area contributed by atoms with Crippen molar-refractivity contribution in [2.75, 3.05) is 11.2 Å². The van der Waals surface area contributed by atoms with Gasteiger partial charge in [0.05, 0.1) is 6.04 Å². The minimum absolute atomic E-state index is 0.316. The summed E-state index contributed by atoms with van der Waals surface area (Å²) < 4.78 is 1.98. The Morgan fingerprint density at radius 1 is 1.22 bits per heavy atom. The maximum Gasteiger partial charge on any atom is 0.210 e. The molecule has 2 heterocycles. The fourth-order valence-electron chi connectivity index (χ4n) is 2.09. The van der Waals surface area contributed by atoms with Gasteiger partial charge in [-0.3, -0.25) is 0 Å². The first-order valence-electron chi connectivity index (χ1n) is 6.03. The highest BCUT2D eigenvalue weighted by Gasteiger charge is 2.22. The van der Waals surface area contributed by atoms with E-state index in [1.165, 1.54) is 16.7 Å². The number of nitrogens with one attached hydrogen (secondary N) is 1. The highest BCUT2D eigenvalue weighted by Crippen LogP contribution is 2.30. The summed E-state index contributed by atoms with van der Waals surface area (Å²) in [5.74, 6) is 1.90. The highest BCUT2D eigenvalue weighted by molar-refractivity contribution is 7.99. The summed E-state index contributed by atoms with van der Waals surface area (Å²) in [6.07, 6.45) is 0. The predicted molar refractivity (Wildman–Crippen MR) is 73.5 cm³/mol. The molecule has 0 aliphatic carbocycles. The van der Waals surface area contributed by atoms with Crippen molar-refractivity contribution in [1.29, 1.82) is 0 Å². The van der Waals surface area contributed by atoms with Crippen molar-refractivity contribution in [3.05, 3.63) is 40.7 Å². The van der Waals surface area contributed by atoms with Crippen LogP contribution in [-0.4, -0.2) is 20.6 Å². The van der Waals surface area contributed by atoms with Crippen molar-refractivity contribution in [3.8, 4) is 0 Å². The normalized spacial score (nSPS) is 18.3. The standard InChI is InChI=1S/C13H16N4S/c1-8-4-5-11(6-9(8)2)12-7-18-13-15-14-10(3)17(13)16-12/h4-6,12,16H,7H2,1-3H3/t12-/m0/s1. The molecule has 5 heteroatoms. The molecular weight excluding hydrogens is 244 g/mol. The third-order valence-corrected chi connectivity index (χ3v) is 4.41. The Bertz CT molecular complexity index is 591. The van der Waals surface area contributed by atoms with Crippen LogP contribution in [-0.2, 0) is 0 Å². The molecule has 1 aromatic heterocycles. The number of thioether (sulfide) groups is 1. The second kappa shape index (κ2) is 4.31. The molecule has 1 aliphatic rings. The number of aryl methyl sites for hydroxylation is 3. The Kier molecular flexibility index (Phi) is 2.78. The average Bonchev–Trinajstić information content (AvgIpc) is 2.74. The lowest BCUT2D eigenvalue weighted by molar-refractivity contribution is 0.645. The van der Waals surface area contributed by atoms with Crippen LogP contribution in [0.4, 0.5) is 0 Å². The highest BCUT2D eigenvalue weighted by atomic mass is 32.2. The second-order valence-electron chi connectivity index (χ2n) is 4.70. The molecule has 0 amide bonds. The second-order valence-corrected chi connectivity index (χ2v) is 5.69. The zero-order valence-electron chi connectivity index (χ0n) is 10.8. The van der Waals surface area contributed by atoms with E-state index in [4.69, 9.17) is 0 Å². The molecule has 0 fully saturated rings. The van der Waals surface area contributed by atoms with E-state index < -0.39 is 0 Å². The topological polar surface area (TPSA) is 42.7 Å². The smallest absolute Gasteiger partial charge is 0.210 e. The van der Waals surface area contributed by atoms with Gasteiger partial charge in [0, 0.05) is 5.75 Å². The van der Waals surface area contributed by atoms with E-state index >= 15 is 0 Å². The molecule has 0 unspecified atom stereocenters. The molecule has 1 atom stereocenters. The summed E-state index contributed by atoms with van der Waals surface area (Å²) >= 11 is 1.75. The zero-order chi connectivity index (χ0) is 12.7. The summed E-state index contributed by atoms with van der Waals surface area (Å²) in [5, 5.41) is 9.17. The van der Waals surface area contributed by atoms with Gasteiger partial charge >= 0.3 is 0 Å². The fourth-order valence-corrected chi connectivity index (χ4v) is 3.08. The van der Waals surface area contributed by atoms with Gasteiger partial charge in [0.15, 0.2) is 0 Å². The number of benzene rings is 1. The molecule has 2 aromatic rings. The Morgan fingerprint density at radius 3 is 2.83 bits per heavy atom. The first-order chi connectivity index (χ1) is 8.65. The first-order valence-corrected chi connectivity index (χ1v) is 7.02. The maximum atomic E-state index is 4.13. The van der Waals surface area contributed by atoms with Crippen molar-refractivity contribution in [2.24, 2.45) is 0 Å². The minimum atomic E-state index is 0.316. The molecule has 1 aromatic carbocycles. The van der Waals surface area contributed by atoms with Gasteiger partial charge in [0.25, 0.3) is 0 Å². The van der Waals surface area contributed by atoms with Gasteiger partial charge in [-0.1, -0.05) is 30.0 Å². The Balaban J connectivity index is 1.91. The fraction of sp³-hybridized carbons (Fsp3) is 0.385. The molecule has 3 rings (SSSR count). The number of nitrogens with zero attached hydrogens (tertiary/aromatic N) is 3. The third-order valence-electron chi connectivity index (χ3n) is 3.39. The van der Waals surface area contributed by atoms with Crippen molar-refractivity contribution in [1.82, 2.24) is 14.9 Å². The Labute approximate surface area is 111 Å². The van der Waals surface area contributed by atoms with E-state index in [0.29, 0.717) is 6.04 Å². The van der Waals surface area contributed by atoms with Crippen molar-refractivity contribution >= 4 is 11.8 Å². The molecule has 0 bridgehead atoms. The molecule has 0 spiro atoms. The van der Waals surface area contributed by atoms with Crippen molar-refractivity contribution in [3.63, 3.8) is 0 Å². The number of hydrogen-bond donors (Lipinski definition) is 1.